The van der Waals surface area contributed by atoms with E-state index < -0.39 is 7.82 Å². The molecule has 3 aromatic carbocycles. The Morgan fingerprint density at radius 2 is 0.727 bits per heavy atom. The molecule has 44 heavy (non-hydrogen) atoms. The molecule has 0 aliphatic heterocycles. The Balaban J connectivity index is 0.000000585. The van der Waals surface area contributed by atoms with Gasteiger partial charge in [-0.25, -0.2) is 0 Å². The van der Waals surface area contributed by atoms with Crippen molar-refractivity contribution in [2.45, 2.75) is 40.4 Å². The summed E-state index contributed by atoms with van der Waals surface area (Å²) in [4.78, 5) is 25.6. The monoisotopic (exact) mass is 635 g/mol. The third-order valence-electron chi connectivity index (χ3n) is 5.68. The highest BCUT2D eigenvalue weighted by Crippen LogP contribution is 2.03. The van der Waals surface area contributed by atoms with Crippen LogP contribution in [0, 0.1) is 0 Å². The van der Waals surface area contributed by atoms with Gasteiger partial charge in [-0.1, -0.05) is 91.0 Å². The zero-order valence-corrected chi connectivity index (χ0v) is 27.6. The van der Waals surface area contributed by atoms with Crippen molar-refractivity contribution in [1.29, 1.82) is 0 Å². The van der Waals surface area contributed by atoms with Crippen LogP contribution in [0.3, 0.4) is 0 Å². The van der Waals surface area contributed by atoms with Gasteiger partial charge in [0.05, 0.1) is 39.5 Å². The van der Waals surface area contributed by atoms with Gasteiger partial charge in [-0.3, -0.25) is 0 Å². The molecule has 0 atom stereocenters. The lowest BCUT2D eigenvalue weighted by atomic mass is 10.2. The molecule has 0 saturated heterocycles. The Kier molecular flexibility index (Phi) is 28.8. The minimum Gasteiger partial charge on any atom is -0.822 e. The fraction of sp³-hybridized carbons (Fsp3) is 0.455. The fourth-order valence-corrected chi connectivity index (χ4v) is 3.58. The van der Waals surface area contributed by atoms with E-state index in [1.165, 1.54) is 16.7 Å². The summed E-state index contributed by atoms with van der Waals surface area (Å²) in [5.74, 6) is 0. The van der Waals surface area contributed by atoms with E-state index in [2.05, 4.69) is 88.7 Å². The van der Waals surface area contributed by atoms with Crippen LogP contribution < -0.4 is 30.6 Å². The van der Waals surface area contributed by atoms with Gasteiger partial charge < -0.3 is 49.4 Å². The van der Waals surface area contributed by atoms with Crippen LogP contribution in [0.5, 0.6) is 0 Å². The molecule has 10 nitrogen and oxygen atoms in total. The van der Waals surface area contributed by atoms with Crippen LogP contribution in [0.1, 0.15) is 37.5 Å². The first-order chi connectivity index (χ1) is 21.3. The van der Waals surface area contributed by atoms with Gasteiger partial charge in [0.2, 0.25) is 0 Å². The number of hydrogen-bond donors (Lipinski definition) is 3. The normalized spacial score (nSPS) is 10.4. The molecule has 0 saturated carbocycles. The zero-order valence-electron chi connectivity index (χ0n) is 26.7. The van der Waals surface area contributed by atoms with E-state index in [1.807, 2.05) is 39.0 Å². The van der Waals surface area contributed by atoms with E-state index in [0.29, 0.717) is 0 Å². The van der Waals surface area contributed by atoms with Gasteiger partial charge in [0.15, 0.2) is 0 Å². The Labute approximate surface area is 264 Å². The minimum absolute atomic E-state index is 0.819. The summed E-state index contributed by atoms with van der Waals surface area (Å²) in [5, 5.41) is 6.81. The average molecular weight is 636 g/mol. The standard InChI is InChI=1S/3C11H17NO.H3O4P/c3*1-2-13-9-8-12-10-11-6-4-3-5-7-11;1-5(2,3)4/h3*3-7,12H,2,8-10H2,1H3;(H3,1,2,3,4). The fourth-order valence-electron chi connectivity index (χ4n) is 3.58. The van der Waals surface area contributed by atoms with Gasteiger partial charge in [-0.15, -0.1) is 0 Å². The maximum Gasteiger partial charge on any atom is 0.101 e. The van der Waals surface area contributed by atoms with Crippen LogP contribution in [0.15, 0.2) is 91.0 Å². The van der Waals surface area contributed by atoms with Gasteiger partial charge in [-0.05, 0) is 20.8 Å². The molecule has 0 radical (unpaired) electrons. The highest BCUT2D eigenvalue weighted by Gasteiger charge is 1.95. The second kappa shape index (κ2) is 30.6. The van der Waals surface area contributed by atoms with E-state index >= 15 is 0 Å². The summed E-state index contributed by atoms with van der Waals surface area (Å²) in [5.41, 5.74) is 4.12. The number of ether oxygens (including phenoxy) is 3. The van der Waals surface area contributed by atoms with Crippen molar-refractivity contribution in [2.75, 3.05) is 59.3 Å². The minimum atomic E-state index is -5.39. The summed E-state index contributed by atoms with van der Waals surface area (Å²) < 4.78 is 24.3. The second-order valence-corrected chi connectivity index (χ2v) is 10.2. The van der Waals surface area contributed by atoms with Crippen molar-refractivity contribution in [3.05, 3.63) is 108 Å². The Morgan fingerprint density at radius 1 is 0.500 bits per heavy atom. The Bertz CT molecular complexity index is 903. The lowest BCUT2D eigenvalue weighted by Crippen LogP contribution is -2.83. The van der Waals surface area contributed by atoms with Crippen molar-refractivity contribution in [3.63, 3.8) is 0 Å². The highest BCUT2D eigenvalue weighted by molar-refractivity contribution is 7.40. The molecular formula is C33H54N3O7P. The van der Waals surface area contributed by atoms with Crippen molar-refractivity contribution in [1.82, 2.24) is 0 Å². The molecule has 0 heterocycles. The van der Waals surface area contributed by atoms with Crippen LogP contribution in [0.2, 0.25) is 0 Å². The molecule has 248 valence electrons. The number of nitrogens with two attached hydrogens (primary N) is 3. The van der Waals surface area contributed by atoms with Crippen molar-refractivity contribution in [3.8, 4) is 0 Å². The molecule has 3 rings (SSSR count). The molecule has 0 fully saturated rings. The first-order valence-corrected chi connectivity index (χ1v) is 16.8. The SMILES string of the molecule is CCOCC[NH2+]Cc1ccccc1.CCOCC[NH2+]Cc1ccccc1.CCOCC[NH2+]Cc1ccccc1.O=P([O-])([O-])[O-]. The van der Waals surface area contributed by atoms with Gasteiger partial charge in [-0.2, -0.15) is 7.82 Å². The topological polar surface area (TPSA) is 164 Å². The third-order valence-corrected chi connectivity index (χ3v) is 5.68. The van der Waals surface area contributed by atoms with Crippen LogP contribution in [0.4, 0.5) is 0 Å². The second-order valence-electron chi connectivity index (χ2n) is 9.34. The Hall–Kier alpha value is -2.47. The van der Waals surface area contributed by atoms with Gasteiger partial charge >= 0.3 is 0 Å². The third kappa shape index (κ3) is 32.4. The van der Waals surface area contributed by atoms with Crippen LogP contribution in [0.25, 0.3) is 0 Å². The number of quaternary nitrogens is 3. The maximum atomic E-state index is 8.55. The van der Waals surface area contributed by atoms with E-state index in [9.17, 15) is 0 Å². The lowest BCUT2D eigenvalue weighted by molar-refractivity contribution is -0.672. The van der Waals surface area contributed by atoms with Gasteiger partial charge in [0, 0.05) is 36.5 Å². The number of benzene rings is 3. The summed E-state index contributed by atoms with van der Waals surface area (Å²) in [6.07, 6.45) is 0. The number of rotatable bonds is 18. The molecule has 0 unspecified atom stereocenters. The molecule has 6 N–H and O–H groups in total. The van der Waals surface area contributed by atoms with Crippen LogP contribution in [-0.2, 0) is 38.4 Å². The summed E-state index contributed by atoms with van der Waals surface area (Å²) >= 11 is 0. The molecule has 0 bridgehead atoms. The van der Waals surface area contributed by atoms with E-state index in [-0.39, 0.29) is 0 Å². The smallest absolute Gasteiger partial charge is 0.101 e. The van der Waals surface area contributed by atoms with E-state index in [4.69, 9.17) is 33.5 Å². The van der Waals surface area contributed by atoms with Crippen molar-refractivity contribution < 1.29 is 49.4 Å². The van der Waals surface area contributed by atoms with E-state index in [1.54, 1.807) is 0 Å². The van der Waals surface area contributed by atoms with Crippen molar-refractivity contribution in [2.24, 2.45) is 0 Å². The average Bonchev–Trinajstić information content (AvgIpc) is 3.02. The van der Waals surface area contributed by atoms with Crippen LogP contribution in [-0.4, -0.2) is 59.3 Å². The molecule has 0 aliphatic rings. The molecule has 0 amide bonds. The van der Waals surface area contributed by atoms with E-state index in [0.717, 1.165) is 78.9 Å². The Morgan fingerprint density at radius 3 is 0.932 bits per heavy atom. The molecule has 0 spiro atoms. The number of phosphoric acid groups is 1. The predicted octanol–water partition coefficient (Wildman–Crippen LogP) is -0.465. The summed E-state index contributed by atoms with van der Waals surface area (Å²) in [7, 11) is -5.39. The van der Waals surface area contributed by atoms with Crippen LogP contribution >= 0.6 is 7.82 Å². The van der Waals surface area contributed by atoms with Gasteiger partial charge in [0.25, 0.3) is 0 Å². The first kappa shape index (κ1) is 41.5. The van der Waals surface area contributed by atoms with Crippen molar-refractivity contribution >= 4 is 7.82 Å². The molecule has 0 aliphatic carbocycles. The lowest BCUT2D eigenvalue weighted by Gasteiger charge is -2.36. The zero-order chi connectivity index (χ0) is 32.6. The first-order valence-electron chi connectivity index (χ1n) is 15.3. The predicted molar refractivity (Wildman–Crippen MR) is 168 cm³/mol. The summed E-state index contributed by atoms with van der Waals surface area (Å²) in [6, 6.07) is 31.5. The summed E-state index contributed by atoms with van der Waals surface area (Å²) in [6.45, 7) is 17.4. The molecule has 3 aromatic rings. The molecule has 11 heteroatoms. The quantitative estimate of drug-likeness (QED) is 0.126. The van der Waals surface area contributed by atoms with Gasteiger partial charge in [0.1, 0.15) is 19.6 Å². The maximum absolute atomic E-state index is 8.55. The molecule has 0 aromatic heterocycles. The number of hydrogen-bond acceptors (Lipinski definition) is 7. The molecular weight excluding hydrogens is 581 g/mol. The largest absolute Gasteiger partial charge is 0.822 e. The highest BCUT2D eigenvalue weighted by atomic mass is 31.2.